The average molecular weight is 242 g/mol. The van der Waals surface area contributed by atoms with Crippen LogP contribution in [0.5, 0.6) is 0 Å². The number of methoxy groups -OCH3 is 1. The standard InChI is InChI=1S/C14H10O2S/c1-16-14(15)9-6-7-13-11(8-9)10-4-2-3-5-12(10)17-13/h2-8H,1H3. The molecule has 0 spiro atoms. The third-order valence-corrected chi connectivity index (χ3v) is 3.95. The number of hydrogen-bond acceptors (Lipinski definition) is 3. The molecule has 0 fully saturated rings. The fraction of sp³-hybridized carbons (Fsp3) is 0.0714. The number of thiophene rings is 1. The molecule has 0 saturated heterocycles. The van der Waals surface area contributed by atoms with Gasteiger partial charge in [-0.15, -0.1) is 11.3 Å². The van der Waals surface area contributed by atoms with Crippen molar-refractivity contribution >= 4 is 37.5 Å². The van der Waals surface area contributed by atoms with Crippen LogP contribution < -0.4 is 0 Å². The number of ether oxygens (including phenoxy) is 1. The highest BCUT2D eigenvalue weighted by Gasteiger charge is 2.09. The number of esters is 1. The van der Waals surface area contributed by atoms with Crippen LogP contribution >= 0.6 is 11.3 Å². The highest BCUT2D eigenvalue weighted by Crippen LogP contribution is 2.34. The molecular formula is C14H10O2S. The van der Waals surface area contributed by atoms with Gasteiger partial charge in [-0.25, -0.2) is 4.79 Å². The van der Waals surface area contributed by atoms with Crippen LogP contribution in [-0.4, -0.2) is 13.1 Å². The molecular weight excluding hydrogens is 232 g/mol. The van der Waals surface area contributed by atoms with Gasteiger partial charge in [0.25, 0.3) is 0 Å². The molecule has 0 aliphatic rings. The Kier molecular flexibility index (Phi) is 2.34. The van der Waals surface area contributed by atoms with Gasteiger partial charge in [0.2, 0.25) is 0 Å². The Hall–Kier alpha value is -1.87. The van der Waals surface area contributed by atoms with Crippen molar-refractivity contribution < 1.29 is 9.53 Å². The van der Waals surface area contributed by atoms with E-state index in [4.69, 9.17) is 4.74 Å². The maximum absolute atomic E-state index is 11.5. The number of fused-ring (bicyclic) bond motifs is 3. The van der Waals surface area contributed by atoms with Crippen molar-refractivity contribution in [3.63, 3.8) is 0 Å². The fourth-order valence-electron chi connectivity index (χ4n) is 1.97. The lowest BCUT2D eigenvalue weighted by atomic mass is 10.1. The largest absolute Gasteiger partial charge is 0.465 e. The lowest BCUT2D eigenvalue weighted by Gasteiger charge is -1.98. The molecule has 0 aliphatic carbocycles. The van der Waals surface area contributed by atoms with Crippen LogP contribution in [-0.2, 0) is 4.74 Å². The van der Waals surface area contributed by atoms with Crippen LogP contribution in [0.1, 0.15) is 10.4 Å². The van der Waals surface area contributed by atoms with E-state index >= 15 is 0 Å². The van der Waals surface area contributed by atoms with Crippen molar-refractivity contribution in [3.05, 3.63) is 48.0 Å². The molecule has 3 rings (SSSR count). The minimum atomic E-state index is -0.290. The first-order valence-corrected chi connectivity index (χ1v) is 6.11. The van der Waals surface area contributed by atoms with Crippen LogP contribution in [0.2, 0.25) is 0 Å². The van der Waals surface area contributed by atoms with Gasteiger partial charge in [0, 0.05) is 20.2 Å². The third-order valence-electron chi connectivity index (χ3n) is 2.80. The second kappa shape index (κ2) is 3.86. The number of carbonyl (C=O) groups is 1. The minimum absolute atomic E-state index is 0.290. The summed E-state index contributed by atoms with van der Waals surface area (Å²) >= 11 is 1.74. The zero-order chi connectivity index (χ0) is 11.8. The predicted octanol–water partition coefficient (Wildman–Crippen LogP) is 3.84. The number of rotatable bonds is 1. The monoisotopic (exact) mass is 242 g/mol. The van der Waals surface area contributed by atoms with Gasteiger partial charge in [-0.3, -0.25) is 0 Å². The molecule has 17 heavy (non-hydrogen) atoms. The van der Waals surface area contributed by atoms with Crippen LogP contribution in [0.15, 0.2) is 42.5 Å². The Morgan fingerprint density at radius 3 is 2.65 bits per heavy atom. The van der Waals surface area contributed by atoms with E-state index in [1.807, 2.05) is 30.3 Å². The van der Waals surface area contributed by atoms with E-state index in [0.717, 1.165) is 5.39 Å². The first-order chi connectivity index (χ1) is 8.29. The summed E-state index contributed by atoms with van der Waals surface area (Å²) in [6.45, 7) is 0. The lowest BCUT2D eigenvalue weighted by Crippen LogP contribution is -1.99. The van der Waals surface area contributed by atoms with E-state index in [1.165, 1.54) is 21.9 Å². The number of benzene rings is 2. The van der Waals surface area contributed by atoms with Gasteiger partial charge < -0.3 is 4.74 Å². The van der Waals surface area contributed by atoms with Crippen LogP contribution in [0.4, 0.5) is 0 Å². The molecule has 3 aromatic rings. The zero-order valence-corrected chi connectivity index (χ0v) is 10.1. The smallest absolute Gasteiger partial charge is 0.337 e. The van der Waals surface area contributed by atoms with Crippen LogP contribution in [0.3, 0.4) is 0 Å². The maximum atomic E-state index is 11.5. The molecule has 0 saturated carbocycles. The Balaban J connectivity index is 2.33. The van der Waals surface area contributed by atoms with Crippen LogP contribution in [0.25, 0.3) is 20.2 Å². The molecule has 1 aromatic heterocycles. The SMILES string of the molecule is COC(=O)c1ccc2sc3ccccc3c2c1. The normalized spacial score (nSPS) is 10.9. The van der Waals surface area contributed by atoms with E-state index in [9.17, 15) is 4.79 Å². The molecule has 0 unspecified atom stereocenters. The van der Waals surface area contributed by atoms with Crippen molar-refractivity contribution in [1.82, 2.24) is 0 Å². The summed E-state index contributed by atoms with van der Waals surface area (Å²) in [6.07, 6.45) is 0. The van der Waals surface area contributed by atoms with Crippen molar-refractivity contribution in [3.8, 4) is 0 Å². The Morgan fingerprint density at radius 1 is 1.06 bits per heavy atom. The topological polar surface area (TPSA) is 26.3 Å². The van der Waals surface area contributed by atoms with E-state index < -0.39 is 0 Å². The first kappa shape index (κ1) is 10.3. The Bertz CT molecular complexity index is 712. The Labute approximate surface area is 102 Å². The van der Waals surface area contributed by atoms with Gasteiger partial charge in [-0.05, 0) is 24.3 Å². The van der Waals surface area contributed by atoms with Gasteiger partial charge in [0.15, 0.2) is 0 Å². The minimum Gasteiger partial charge on any atom is -0.465 e. The summed E-state index contributed by atoms with van der Waals surface area (Å²) in [6, 6.07) is 13.9. The second-order valence-corrected chi connectivity index (χ2v) is 4.88. The zero-order valence-electron chi connectivity index (χ0n) is 9.27. The van der Waals surface area contributed by atoms with E-state index in [0.29, 0.717) is 5.56 Å². The van der Waals surface area contributed by atoms with Gasteiger partial charge in [-0.1, -0.05) is 18.2 Å². The average Bonchev–Trinajstić information content (AvgIpc) is 2.75. The van der Waals surface area contributed by atoms with Gasteiger partial charge >= 0.3 is 5.97 Å². The van der Waals surface area contributed by atoms with Crippen molar-refractivity contribution in [1.29, 1.82) is 0 Å². The van der Waals surface area contributed by atoms with Gasteiger partial charge in [0.05, 0.1) is 12.7 Å². The molecule has 0 aliphatic heterocycles. The van der Waals surface area contributed by atoms with Crippen LogP contribution in [0, 0.1) is 0 Å². The summed E-state index contributed by atoms with van der Waals surface area (Å²) in [5.74, 6) is -0.290. The lowest BCUT2D eigenvalue weighted by molar-refractivity contribution is 0.0601. The molecule has 2 aromatic carbocycles. The number of carbonyl (C=O) groups excluding carboxylic acids is 1. The highest BCUT2D eigenvalue weighted by molar-refractivity contribution is 7.25. The predicted molar refractivity (Wildman–Crippen MR) is 70.7 cm³/mol. The van der Waals surface area contributed by atoms with E-state index in [1.54, 1.807) is 11.3 Å². The van der Waals surface area contributed by atoms with Gasteiger partial charge in [-0.2, -0.15) is 0 Å². The summed E-state index contributed by atoms with van der Waals surface area (Å²) < 4.78 is 7.17. The molecule has 2 nitrogen and oxygen atoms in total. The molecule has 1 heterocycles. The molecule has 3 heteroatoms. The maximum Gasteiger partial charge on any atom is 0.337 e. The van der Waals surface area contributed by atoms with Gasteiger partial charge in [0.1, 0.15) is 0 Å². The van der Waals surface area contributed by atoms with E-state index in [-0.39, 0.29) is 5.97 Å². The third kappa shape index (κ3) is 1.59. The molecule has 0 bridgehead atoms. The van der Waals surface area contributed by atoms with Crippen molar-refractivity contribution in [2.24, 2.45) is 0 Å². The fourth-order valence-corrected chi connectivity index (χ4v) is 3.06. The molecule has 0 N–H and O–H groups in total. The molecule has 0 radical (unpaired) electrons. The second-order valence-electron chi connectivity index (χ2n) is 3.80. The number of hydrogen-bond donors (Lipinski definition) is 0. The molecule has 84 valence electrons. The summed E-state index contributed by atoms with van der Waals surface area (Å²) in [4.78, 5) is 11.5. The van der Waals surface area contributed by atoms with Crippen molar-refractivity contribution in [2.45, 2.75) is 0 Å². The summed E-state index contributed by atoms with van der Waals surface area (Å²) in [7, 11) is 1.40. The Morgan fingerprint density at radius 2 is 1.82 bits per heavy atom. The molecule has 0 atom stereocenters. The highest BCUT2D eigenvalue weighted by atomic mass is 32.1. The quantitative estimate of drug-likeness (QED) is 0.606. The van der Waals surface area contributed by atoms with E-state index in [2.05, 4.69) is 12.1 Å². The summed E-state index contributed by atoms with van der Waals surface area (Å²) in [5.41, 5.74) is 0.601. The first-order valence-electron chi connectivity index (χ1n) is 5.29. The molecule has 0 amide bonds. The summed E-state index contributed by atoms with van der Waals surface area (Å²) in [5, 5.41) is 2.31. The van der Waals surface area contributed by atoms with Crippen molar-refractivity contribution in [2.75, 3.05) is 7.11 Å².